The normalized spacial score (nSPS) is 31.6. The maximum Gasteiger partial charge on any atom is 0.225 e. The molecule has 0 aromatic carbocycles. The number of carbonyl (C=O) groups is 1. The molecule has 92 valence electrons. The third kappa shape index (κ3) is 2.36. The second-order valence-corrected chi connectivity index (χ2v) is 4.63. The van der Waals surface area contributed by atoms with Gasteiger partial charge in [-0.3, -0.25) is 4.79 Å². The van der Waals surface area contributed by atoms with Crippen LogP contribution in [0.25, 0.3) is 0 Å². The minimum Gasteiger partial charge on any atom is -0.390 e. The number of ether oxygens (including phenoxy) is 1. The third-order valence-electron chi connectivity index (χ3n) is 3.57. The van der Waals surface area contributed by atoms with Gasteiger partial charge in [0.05, 0.1) is 12.1 Å². The van der Waals surface area contributed by atoms with Gasteiger partial charge < -0.3 is 20.1 Å². The second-order valence-electron chi connectivity index (χ2n) is 4.63. The van der Waals surface area contributed by atoms with E-state index in [0.29, 0.717) is 26.3 Å². The molecule has 2 atom stereocenters. The number of nitrogens with zero attached hydrogens (tertiary/aromatic N) is 1. The van der Waals surface area contributed by atoms with Gasteiger partial charge in [0.25, 0.3) is 0 Å². The fourth-order valence-corrected chi connectivity index (χ4v) is 2.44. The number of rotatable bonds is 2. The summed E-state index contributed by atoms with van der Waals surface area (Å²) in [6.45, 7) is 2.62. The first-order valence-corrected chi connectivity index (χ1v) is 5.93. The Morgan fingerprint density at radius 1 is 1.38 bits per heavy atom. The van der Waals surface area contributed by atoms with Crippen molar-refractivity contribution in [2.75, 3.05) is 33.4 Å². The molecule has 0 saturated carbocycles. The largest absolute Gasteiger partial charge is 0.390 e. The Hall–Kier alpha value is -0.650. The van der Waals surface area contributed by atoms with Crippen LogP contribution in [-0.4, -0.2) is 61.4 Å². The minimum absolute atomic E-state index is 0.0738. The molecule has 0 radical (unpaired) electrons. The number of β-amino-alcohol motifs (C(OH)–C–C–N with tert-alkyl or cyclic N) is 1. The van der Waals surface area contributed by atoms with Crippen LogP contribution in [0, 0.1) is 5.92 Å². The predicted molar refractivity (Wildman–Crippen MR) is 59.0 cm³/mol. The summed E-state index contributed by atoms with van der Waals surface area (Å²) in [5.41, 5.74) is 0. The summed E-state index contributed by atoms with van der Waals surface area (Å²) in [6.07, 6.45) is 1.17. The Morgan fingerprint density at radius 3 is 2.62 bits per heavy atom. The number of likely N-dealkylation sites (N-methyl/N-ethyl adjacent to an activating group) is 1. The fourth-order valence-electron chi connectivity index (χ4n) is 2.44. The van der Waals surface area contributed by atoms with Crippen LogP contribution in [0.2, 0.25) is 0 Å². The van der Waals surface area contributed by atoms with E-state index in [9.17, 15) is 9.90 Å². The van der Waals surface area contributed by atoms with Gasteiger partial charge in [-0.15, -0.1) is 0 Å². The Labute approximate surface area is 95.8 Å². The summed E-state index contributed by atoms with van der Waals surface area (Å²) in [6, 6.07) is -0.0738. The van der Waals surface area contributed by atoms with Crippen molar-refractivity contribution in [1.82, 2.24) is 10.2 Å². The van der Waals surface area contributed by atoms with Gasteiger partial charge in [-0.05, 0) is 12.8 Å². The van der Waals surface area contributed by atoms with Crippen LogP contribution in [0.4, 0.5) is 0 Å². The molecule has 1 amide bonds. The molecule has 5 nitrogen and oxygen atoms in total. The van der Waals surface area contributed by atoms with E-state index in [1.165, 1.54) is 0 Å². The first-order chi connectivity index (χ1) is 7.70. The van der Waals surface area contributed by atoms with Gasteiger partial charge in [-0.1, -0.05) is 0 Å². The number of carbonyl (C=O) groups excluding carboxylic acids is 1. The lowest BCUT2D eigenvalue weighted by molar-refractivity contribution is -0.140. The Morgan fingerprint density at radius 2 is 2.06 bits per heavy atom. The molecule has 0 aromatic rings. The zero-order valence-electron chi connectivity index (χ0n) is 9.69. The summed E-state index contributed by atoms with van der Waals surface area (Å²) in [4.78, 5) is 13.9. The van der Waals surface area contributed by atoms with Crippen molar-refractivity contribution in [3.63, 3.8) is 0 Å². The van der Waals surface area contributed by atoms with E-state index in [-0.39, 0.29) is 17.9 Å². The Bertz CT molecular complexity index is 254. The van der Waals surface area contributed by atoms with Gasteiger partial charge in [-0.25, -0.2) is 0 Å². The number of aliphatic hydroxyl groups excluding tert-OH is 1. The molecule has 2 N–H and O–H groups in total. The molecule has 2 aliphatic heterocycles. The Kier molecular flexibility index (Phi) is 3.78. The third-order valence-corrected chi connectivity index (χ3v) is 3.57. The van der Waals surface area contributed by atoms with Gasteiger partial charge in [0, 0.05) is 39.3 Å². The molecule has 0 unspecified atom stereocenters. The maximum absolute atomic E-state index is 12.2. The molecule has 0 aliphatic carbocycles. The van der Waals surface area contributed by atoms with Crippen molar-refractivity contribution >= 4 is 5.91 Å². The van der Waals surface area contributed by atoms with Crippen LogP contribution in [-0.2, 0) is 9.53 Å². The number of nitrogens with one attached hydrogen (secondary N) is 1. The van der Waals surface area contributed by atoms with Gasteiger partial charge >= 0.3 is 0 Å². The van der Waals surface area contributed by atoms with Crippen molar-refractivity contribution in [3.05, 3.63) is 0 Å². The second kappa shape index (κ2) is 5.12. The highest BCUT2D eigenvalue weighted by atomic mass is 16.5. The van der Waals surface area contributed by atoms with Crippen molar-refractivity contribution in [2.24, 2.45) is 5.92 Å². The van der Waals surface area contributed by atoms with Crippen molar-refractivity contribution < 1.29 is 14.6 Å². The van der Waals surface area contributed by atoms with Crippen molar-refractivity contribution in [3.8, 4) is 0 Å². The van der Waals surface area contributed by atoms with Crippen LogP contribution in [0.15, 0.2) is 0 Å². The molecule has 16 heavy (non-hydrogen) atoms. The van der Waals surface area contributed by atoms with Crippen LogP contribution in [0.1, 0.15) is 12.8 Å². The molecule has 2 fully saturated rings. The van der Waals surface area contributed by atoms with E-state index in [0.717, 1.165) is 12.8 Å². The van der Waals surface area contributed by atoms with Gasteiger partial charge in [-0.2, -0.15) is 0 Å². The lowest BCUT2D eigenvalue weighted by atomic mass is 9.98. The predicted octanol–water partition coefficient (Wildman–Crippen LogP) is -0.796. The summed E-state index contributed by atoms with van der Waals surface area (Å²) in [5.74, 6) is 0.225. The quantitative estimate of drug-likeness (QED) is 0.650. The van der Waals surface area contributed by atoms with Gasteiger partial charge in [0.15, 0.2) is 0 Å². The zero-order chi connectivity index (χ0) is 11.5. The number of hydrogen-bond donors (Lipinski definition) is 2. The fraction of sp³-hybridized carbons (Fsp3) is 0.909. The van der Waals surface area contributed by atoms with Crippen LogP contribution >= 0.6 is 0 Å². The molecule has 0 aromatic heterocycles. The highest BCUT2D eigenvalue weighted by Gasteiger charge is 2.34. The average molecular weight is 228 g/mol. The van der Waals surface area contributed by atoms with Gasteiger partial charge in [0.1, 0.15) is 0 Å². The lowest BCUT2D eigenvalue weighted by Crippen LogP contribution is -2.47. The van der Waals surface area contributed by atoms with E-state index < -0.39 is 6.10 Å². The smallest absolute Gasteiger partial charge is 0.225 e. The van der Waals surface area contributed by atoms with E-state index in [1.807, 2.05) is 0 Å². The standard InChI is InChI=1S/C11H20N2O3/c1-13(9-6-12-7-10(9)14)11(15)8-2-4-16-5-3-8/h8-10,12,14H,2-7H2,1H3/t9-,10-/m0/s1. The minimum atomic E-state index is -0.436. The molecule has 5 heteroatoms. The molecule has 2 heterocycles. The summed E-state index contributed by atoms with van der Waals surface area (Å²) in [7, 11) is 1.79. The molecule has 2 aliphatic rings. The zero-order valence-corrected chi connectivity index (χ0v) is 9.69. The number of hydrogen-bond acceptors (Lipinski definition) is 4. The summed E-state index contributed by atoms with van der Waals surface area (Å²) in [5, 5.41) is 12.8. The molecule has 2 rings (SSSR count). The first-order valence-electron chi connectivity index (χ1n) is 5.93. The van der Waals surface area contributed by atoms with Gasteiger partial charge in [0.2, 0.25) is 5.91 Å². The Balaban J connectivity index is 1.92. The SMILES string of the molecule is CN(C(=O)C1CCOCC1)[C@H]1CNC[C@@H]1O. The summed E-state index contributed by atoms with van der Waals surface area (Å²) < 4.78 is 5.24. The highest BCUT2D eigenvalue weighted by molar-refractivity contribution is 5.79. The highest BCUT2D eigenvalue weighted by Crippen LogP contribution is 2.19. The average Bonchev–Trinajstić information content (AvgIpc) is 2.75. The van der Waals surface area contributed by atoms with Crippen LogP contribution in [0.5, 0.6) is 0 Å². The van der Waals surface area contributed by atoms with E-state index in [4.69, 9.17) is 4.74 Å². The molecule has 0 spiro atoms. The topological polar surface area (TPSA) is 61.8 Å². The molecule has 2 saturated heterocycles. The molecular weight excluding hydrogens is 208 g/mol. The molecule has 0 bridgehead atoms. The van der Waals surface area contributed by atoms with E-state index in [2.05, 4.69) is 5.32 Å². The molecular formula is C11H20N2O3. The van der Waals surface area contributed by atoms with E-state index in [1.54, 1.807) is 11.9 Å². The maximum atomic E-state index is 12.2. The van der Waals surface area contributed by atoms with Crippen LogP contribution < -0.4 is 5.32 Å². The van der Waals surface area contributed by atoms with Crippen molar-refractivity contribution in [1.29, 1.82) is 0 Å². The number of amides is 1. The summed E-state index contributed by atoms with van der Waals surface area (Å²) >= 11 is 0. The first kappa shape index (κ1) is 11.8. The lowest BCUT2D eigenvalue weighted by Gasteiger charge is -2.31. The number of aliphatic hydroxyl groups is 1. The van der Waals surface area contributed by atoms with Crippen LogP contribution in [0.3, 0.4) is 0 Å². The van der Waals surface area contributed by atoms with Crippen molar-refractivity contribution in [2.45, 2.75) is 25.0 Å². The monoisotopic (exact) mass is 228 g/mol. The van der Waals surface area contributed by atoms with E-state index >= 15 is 0 Å².